The highest BCUT2D eigenvalue weighted by Crippen LogP contribution is 2.11. The van der Waals surface area contributed by atoms with Gasteiger partial charge in [-0.05, 0) is 29.0 Å². The van der Waals surface area contributed by atoms with E-state index in [9.17, 15) is 0 Å². The van der Waals surface area contributed by atoms with Crippen LogP contribution in [0.25, 0.3) is 0 Å². The van der Waals surface area contributed by atoms with Gasteiger partial charge in [0.05, 0.1) is 23.5 Å². The highest BCUT2D eigenvalue weighted by Gasteiger charge is 2.03. The molecule has 5 heteroatoms. The van der Waals surface area contributed by atoms with Crippen molar-refractivity contribution >= 4 is 15.9 Å². The fourth-order valence-electron chi connectivity index (χ4n) is 1.39. The first-order valence-electron chi connectivity index (χ1n) is 4.67. The minimum atomic E-state index is 0.662. The van der Waals surface area contributed by atoms with Crippen molar-refractivity contribution in [2.45, 2.75) is 13.1 Å². The van der Waals surface area contributed by atoms with Crippen molar-refractivity contribution in [1.82, 2.24) is 15.1 Å². The molecule has 2 aromatic heterocycles. The van der Waals surface area contributed by atoms with Crippen LogP contribution in [0, 0.1) is 0 Å². The van der Waals surface area contributed by atoms with E-state index in [1.54, 1.807) is 12.5 Å². The molecule has 80 valence electrons. The van der Waals surface area contributed by atoms with Crippen molar-refractivity contribution in [1.29, 1.82) is 0 Å². The average Bonchev–Trinajstić information content (AvgIpc) is 2.78. The molecule has 0 aliphatic rings. The maximum atomic E-state index is 5.41. The molecule has 0 fully saturated rings. The fourth-order valence-corrected chi connectivity index (χ4v) is 1.72. The molecule has 0 atom stereocenters. The minimum absolute atomic E-state index is 0.662. The summed E-state index contributed by atoms with van der Waals surface area (Å²) in [6.07, 6.45) is 5.45. The third kappa shape index (κ3) is 2.70. The summed E-state index contributed by atoms with van der Waals surface area (Å²) in [4.78, 5) is 0. The molecule has 2 aromatic rings. The first-order valence-corrected chi connectivity index (χ1v) is 5.46. The van der Waals surface area contributed by atoms with Gasteiger partial charge in [0.2, 0.25) is 0 Å². The molecule has 0 aliphatic carbocycles. The number of furan rings is 1. The van der Waals surface area contributed by atoms with Crippen LogP contribution in [0.1, 0.15) is 11.3 Å². The Morgan fingerprint density at radius 2 is 2.47 bits per heavy atom. The van der Waals surface area contributed by atoms with Crippen LogP contribution in [0.4, 0.5) is 0 Å². The Morgan fingerprint density at radius 3 is 3.13 bits per heavy atom. The van der Waals surface area contributed by atoms with E-state index in [-0.39, 0.29) is 0 Å². The summed E-state index contributed by atoms with van der Waals surface area (Å²) in [7, 11) is 1.91. The van der Waals surface area contributed by atoms with Gasteiger partial charge >= 0.3 is 0 Å². The Bertz CT molecular complexity index is 435. The summed E-state index contributed by atoms with van der Waals surface area (Å²) in [6, 6.07) is 2.03. The first kappa shape index (κ1) is 10.4. The predicted molar refractivity (Wildman–Crippen MR) is 60.5 cm³/mol. The summed E-state index contributed by atoms with van der Waals surface area (Å²) in [5, 5.41) is 7.24. The molecule has 0 spiro atoms. The van der Waals surface area contributed by atoms with Crippen LogP contribution in [0.15, 0.2) is 33.6 Å². The molecular formula is C10H12BrN3O. The van der Waals surface area contributed by atoms with Gasteiger partial charge in [-0.3, -0.25) is 4.68 Å². The van der Waals surface area contributed by atoms with E-state index in [4.69, 9.17) is 4.42 Å². The lowest BCUT2D eigenvalue weighted by Crippen LogP contribution is -2.03. The van der Waals surface area contributed by atoms with E-state index in [2.05, 4.69) is 26.3 Å². The van der Waals surface area contributed by atoms with Crippen LogP contribution >= 0.6 is 15.9 Å². The fraction of sp³-hybridized carbons (Fsp3) is 0.300. The highest BCUT2D eigenvalue weighted by atomic mass is 79.9. The van der Waals surface area contributed by atoms with Gasteiger partial charge in [-0.15, -0.1) is 0 Å². The van der Waals surface area contributed by atoms with Crippen LogP contribution in [0.5, 0.6) is 0 Å². The van der Waals surface area contributed by atoms with Gasteiger partial charge in [0.1, 0.15) is 5.76 Å². The van der Waals surface area contributed by atoms with Crippen molar-refractivity contribution in [2.24, 2.45) is 0 Å². The zero-order valence-electron chi connectivity index (χ0n) is 8.40. The van der Waals surface area contributed by atoms with Crippen molar-refractivity contribution in [3.05, 3.63) is 40.5 Å². The van der Waals surface area contributed by atoms with Crippen molar-refractivity contribution in [3.63, 3.8) is 0 Å². The topological polar surface area (TPSA) is 43.0 Å². The van der Waals surface area contributed by atoms with Crippen molar-refractivity contribution in [2.75, 3.05) is 7.05 Å². The van der Waals surface area contributed by atoms with Gasteiger partial charge in [0.25, 0.3) is 0 Å². The Kier molecular flexibility index (Phi) is 3.23. The van der Waals surface area contributed by atoms with E-state index in [0.717, 1.165) is 22.3 Å². The Labute approximate surface area is 96.4 Å². The molecule has 0 saturated carbocycles. The molecule has 4 nitrogen and oxygen atoms in total. The van der Waals surface area contributed by atoms with Crippen molar-refractivity contribution < 1.29 is 4.42 Å². The molecule has 0 saturated heterocycles. The second-order valence-corrected chi connectivity index (χ2v) is 4.22. The second-order valence-electron chi connectivity index (χ2n) is 3.31. The number of nitrogens with one attached hydrogen (secondary N) is 1. The highest BCUT2D eigenvalue weighted by molar-refractivity contribution is 9.10. The molecule has 15 heavy (non-hydrogen) atoms. The molecule has 1 N–H and O–H groups in total. The van der Waals surface area contributed by atoms with E-state index in [0.29, 0.717) is 6.54 Å². The van der Waals surface area contributed by atoms with Gasteiger partial charge < -0.3 is 9.73 Å². The van der Waals surface area contributed by atoms with E-state index in [1.165, 1.54) is 0 Å². The number of halogens is 1. The summed E-state index contributed by atoms with van der Waals surface area (Å²) in [5.41, 5.74) is 1.15. The molecule has 0 amide bonds. The SMILES string of the molecule is CNCc1coc(Cn2cc(Br)cn2)c1. The molecule has 2 rings (SSSR count). The quantitative estimate of drug-likeness (QED) is 0.924. The summed E-state index contributed by atoms with van der Waals surface area (Å²) in [6.45, 7) is 1.49. The van der Waals surface area contributed by atoms with Crippen LogP contribution in [0.2, 0.25) is 0 Å². The number of rotatable bonds is 4. The largest absolute Gasteiger partial charge is 0.467 e. The van der Waals surface area contributed by atoms with Crippen molar-refractivity contribution in [3.8, 4) is 0 Å². The van der Waals surface area contributed by atoms with Gasteiger partial charge in [-0.1, -0.05) is 0 Å². The summed E-state index contributed by atoms with van der Waals surface area (Å²) in [5.74, 6) is 0.913. The molecule has 0 aromatic carbocycles. The van der Waals surface area contributed by atoms with E-state index < -0.39 is 0 Å². The molecule has 0 unspecified atom stereocenters. The lowest BCUT2D eigenvalue weighted by molar-refractivity contribution is 0.478. The lowest BCUT2D eigenvalue weighted by Gasteiger charge is -1.95. The smallest absolute Gasteiger partial charge is 0.125 e. The van der Waals surface area contributed by atoms with Gasteiger partial charge in [-0.2, -0.15) is 5.10 Å². The number of hydrogen-bond donors (Lipinski definition) is 1. The van der Waals surface area contributed by atoms with Crippen LogP contribution in [-0.2, 0) is 13.1 Å². The molecule has 0 bridgehead atoms. The van der Waals surface area contributed by atoms with E-state index >= 15 is 0 Å². The Balaban J connectivity index is 2.04. The standard InChI is InChI=1S/C10H12BrN3O/c1-12-3-8-2-10(15-7-8)6-14-5-9(11)4-13-14/h2,4-5,7,12H,3,6H2,1H3. The maximum absolute atomic E-state index is 5.41. The minimum Gasteiger partial charge on any atom is -0.467 e. The molecule has 2 heterocycles. The Hall–Kier alpha value is -1.07. The van der Waals surface area contributed by atoms with E-state index in [1.807, 2.05) is 24.0 Å². The monoisotopic (exact) mass is 269 g/mol. The second kappa shape index (κ2) is 4.63. The average molecular weight is 270 g/mol. The number of nitrogens with zero attached hydrogens (tertiary/aromatic N) is 2. The van der Waals surface area contributed by atoms with Crippen LogP contribution in [0.3, 0.4) is 0 Å². The van der Waals surface area contributed by atoms with Gasteiger partial charge in [-0.25, -0.2) is 0 Å². The molecule has 0 radical (unpaired) electrons. The molecule has 0 aliphatic heterocycles. The maximum Gasteiger partial charge on any atom is 0.125 e. The lowest BCUT2D eigenvalue weighted by atomic mass is 10.3. The first-order chi connectivity index (χ1) is 7.28. The summed E-state index contributed by atoms with van der Waals surface area (Å²) < 4.78 is 8.22. The van der Waals surface area contributed by atoms with Crippen LogP contribution in [-0.4, -0.2) is 16.8 Å². The summed E-state index contributed by atoms with van der Waals surface area (Å²) >= 11 is 3.35. The predicted octanol–water partition coefficient (Wildman–Crippen LogP) is 2.01. The third-order valence-electron chi connectivity index (χ3n) is 2.01. The Morgan fingerprint density at radius 1 is 1.60 bits per heavy atom. The van der Waals surface area contributed by atoms with Gasteiger partial charge in [0.15, 0.2) is 0 Å². The number of aromatic nitrogens is 2. The zero-order chi connectivity index (χ0) is 10.7. The third-order valence-corrected chi connectivity index (χ3v) is 2.42. The number of hydrogen-bond acceptors (Lipinski definition) is 3. The van der Waals surface area contributed by atoms with Gasteiger partial charge in [0, 0.05) is 18.3 Å². The normalized spacial score (nSPS) is 10.8. The zero-order valence-corrected chi connectivity index (χ0v) is 9.99. The molecular weight excluding hydrogens is 258 g/mol. The van der Waals surface area contributed by atoms with Crippen LogP contribution < -0.4 is 5.32 Å².